The van der Waals surface area contributed by atoms with Crippen molar-refractivity contribution in [3.05, 3.63) is 59.7 Å². The van der Waals surface area contributed by atoms with E-state index in [9.17, 15) is 10.2 Å². The molecule has 5 heteroatoms. The second-order valence-corrected chi connectivity index (χ2v) is 7.12. The van der Waals surface area contributed by atoms with Gasteiger partial charge in [-0.3, -0.25) is 9.80 Å². The number of phenols is 1. The van der Waals surface area contributed by atoms with E-state index in [0.29, 0.717) is 18.4 Å². The van der Waals surface area contributed by atoms with E-state index in [1.807, 2.05) is 37.3 Å². The Morgan fingerprint density at radius 3 is 2.56 bits per heavy atom. The van der Waals surface area contributed by atoms with Crippen LogP contribution in [-0.2, 0) is 13.1 Å². The molecule has 1 aliphatic rings. The molecule has 1 aliphatic heterocycles. The molecule has 27 heavy (non-hydrogen) atoms. The van der Waals surface area contributed by atoms with Crippen LogP contribution in [0.15, 0.2) is 48.5 Å². The van der Waals surface area contributed by atoms with Crippen molar-refractivity contribution < 1.29 is 14.9 Å². The number of phenolic OH excluding ortho intramolecular Hbond substituents is 1. The second kappa shape index (κ2) is 9.74. The number of benzene rings is 2. The van der Waals surface area contributed by atoms with Crippen LogP contribution in [0.3, 0.4) is 0 Å². The Bertz CT molecular complexity index is 705. The van der Waals surface area contributed by atoms with Gasteiger partial charge in [-0.1, -0.05) is 24.3 Å². The predicted molar refractivity (Wildman–Crippen MR) is 107 cm³/mol. The molecule has 1 atom stereocenters. The third-order valence-electron chi connectivity index (χ3n) is 5.09. The SMILES string of the molecule is CCOc1ccc(CN2CCN(Cc3cccc(O)c3)CC2CCO)cc1. The van der Waals surface area contributed by atoms with E-state index in [-0.39, 0.29) is 6.61 Å². The number of aliphatic hydroxyl groups is 1. The maximum absolute atomic E-state index is 9.67. The Morgan fingerprint density at radius 2 is 1.85 bits per heavy atom. The standard InChI is InChI=1S/C22H30N2O3/c1-2-27-22-8-6-18(7-9-22)16-24-12-11-23(17-20(24)10-13-25)15-19-4-3-5-21(26)14-19/h3-9,14,20,25-26H,2,10-13,15-17H2,1H3. The van der Waals surface area contributed by atoms with Crippen molar-refractivity contribution >= 4 is 0 Å². The molecule has 0 spiro atoms. The molecule has 2 aromatic rings. The molecule has 0 bridgehead atoms. The topological polar surface area (TPSA) is 56.2 Å². The zero-order chi connectivity index (χ0) is 19.1. The summed E-state index contributed by atoms with van der Waals surface area (Å²) >= 11 is 0. The minimum absolute atomic E-state index is 0.199. The number of nitrogens with zero attached hydrogens (tertiary/aromatic N) is 2. The molecule has 3 rings (SSSR count). The Balaban J connectivity index is 1.60. The van der Waals surface area contributed by atoms with Gasteiger partial charge in [0.2, 0.25) is 0 Å². The molecule has 1 unspecified atom stereocenters. The number of aliphatic hydroxyl groups excluding tert-OH is 1. The highest BCUT2D eigenvalue weighted by atomic mass is 16.5. The molecule has 0 aromatic heterocycles. The quantitative estimate of drug-likeness (QED) is 0.748. The first-order chi connectivity index (χ1) is 13.2. The third kappa shape index (κ3) is 5.70. The van der Waals surface area contributed by atoms with Crippen molar-refractivity contribution in [1.82, 2.24) is 9.80 Å². The van der Waals surface area contributed by atoms with Gasteiger partial charge in [0.25, 0.3) is 0 Å². The summed E-state index contributed by atoms with van der Waals surface area (Å²) in [5.41, 5.74) is 2.39. The van der Waals surface area contributed by atoms with Crippen molar-refractivity contribution in [2.75, 3.05) is 32.8 Å². The van der Waals surface area contributed by atoms with E-state index >= 15 is 0 Å². The summed E-state index contributed by atoms with van der Waals surface area (Å²) in [6.07, 6.45) is 0.771. The van der Waals surface area contributed by atoms with Crippen molar-refractivity contribution in [3.63, 3.8) is 0 Å². The van der Waals surface area contributed by atoms with Gasteiger partial charge in [-0.15, -0.1) is 0 Å². The monoisotopic (exact) mass is 370 g/mol. The smallest absolute Gasteiger partial charge is 0.119 e. The van der Waals surface area contributed by atoms with Gasteiger partial charge in [0.1, 0.15) is 11.5 Å². The zero-order valence-corrected chi connectivity index (χ0v) is 16.1. The fourth-order valence-electron chi connectivity index (χ4n) is 3.74. The summed E-state index contributed by atoms with van der Waals surface area (Å²) in [4.78, 5) is 4.87. The van der Waals surface area contributed by atoms with Gasteiger partial charge in [0.05, 0.1) is 6.61 Å². The fourth-order valence-corrected chi connectivity index (χ4v) is 3.74. The van der Waals surface area contributed by atoms with Crippen LogP contribution in [0.1, 0.15) is 24.5 Å². The number of aromatic hydroxyl groups is 1. The summed E-state index contributed by atoms with van der Waals surface area (Å²) in [7, 11) is 0. The van der Waals surface area contributed by atoms with Gasteiger partial charge in [-0.2, -0.15) is 0 Å². The lowest BCUT2D eigenvalue weighted by Crippen LogP contribution is -2.52. The number of hydrogen-bond donors (Lipinski definition) is 2. The summed E-state index contributed by atoms with van der Waals surface area (Å²) in [5, 5.41) is 19.2. The van der Waals surface area contributed by atoms with Crippen molar-refractivity contribution in [2.45, 2.75) is 32.5 Å². The van der Waals surface area contributed by atoms with Crippen LogP contribution in [0, 0.1) is 0 Å². The summed E-state index contributed by atoms with van der Waals surface area (Å²) < 4.78 is 5.52. The van der Waals surface area contributed by atoms with E-state index in [0.717, 1.165) is 50.5 Å². The third-order valence-corrected chi connectivity index (χ3v) is 5.09. The highest BCUT2D eigenvalue weighted by Gasteiger charge is 2.26. The molecular formula is C22H30N2O3. The summed E-state index contributed by atoms with van der Waals surface area (Å²) in [5.74, 6) is 1.22. The van der Waals surface area contributed by atoms with Crippen LogP contribution in [0.25, 0.3) is 0 Å². The van der Waals surface area contributed by atoms with Crippen LogP contribution in [0.4, 0.5) is 0 Å². The zero-order valence-electron chi connectivity index (χ0n) is 16.1. The Kier molecular flexibility index (Phi) is 7.10. The largest absolute Gasteiger partial charge is 0.508 e. The highest BCUT2D eigenvalue weighted by molar-refractivity contribution is 5.28. The van der Waals surface area contributed by atoms with E-state index in [4.69, 9.17) is 4.74 Å². The average molecular weight is 370 g/mol. The minimum Gasteiger partial charge on any atom is -0.508 e. The molecule has 1 heterocycles. The number of piperazine rings is 1. The minimum atomic E-state index is 0.199. The molecule has 2 aromatic carbocycles. The second-order valence-electron chi connectivity index (χ2n) is 7.12. The molecule has 146 valence electrons. The van der Waals surface area contributed by atoms with Gasteiger partial charge >= 0.3 is 0 Å². The molecule has 2 N–H and O–H groups in total. The fraction of sp³-hybridized carbons (Fsp3) is 0.455. The Morgan fingerprint density at radius 1 is 1.04 bits per heavy atom. The van der Waals surface area contributed by atoms with Gasteiger partial charge in [0, 0.05) is 45.4 Å². The normalized spacial score (nSPS) is 18.5. The van der Waals surface area contributed by atoms with Gasteiger partial charge < -0.3 is 14.9 Å². The first-order valence-electron chi connectivity index (χ1n) is 9.75. The van der Waals surface area contributed by atoms with Gasteiger partial charge in [-0.05, 0) is 48.7 Å². The number of hydrogen-bond acceptors (Lipinski definition) is 5. The van der Waals surface area contributed by atoms with Crippen molar-refractivity contribution in [1.29, 1.82) is 0 Å². The summed E-state index contributed by atoms with van der Waals surface area (Å²) in [6, 6.07) is 16.1. The van der Waals surface area contributed by atoms with Crippen LogP contribution < -0.4 is 4.74 Å². The number of rotatable bonds is 8. The molecule has 0 saturated carbocycles. The number of ether oxygens (including phenoxy) is 1. The molecule has 0 amide bonds. The van der Waals surface area contributed by atoms with E-state index in [2.05, 4.69) is 21.9 Å². The molecule has 0 radical (unpaired) electrons. The Hall–Kier alpha value is -2.08. The van der Waals surface area contributed by atoms with Crippen LogP contribution in [-0.4, -0.2) is 58.9 Å². The maximum Gasteiger partial charge on any atom is 0.119 e. The molecule has 0 aliphatic carbocycles. The van der Waals surface area contributed by atoms with Gasteiger partial charge in [-0.25, -0.2) is 0 Å². The predicted octanol–water partition coefficient (Wildman–Crippen LogP) is 2.86. The first kappa shape index (κ1) is 19.7. The van der Waals surface area contributed by atoms with E-state index in [1.165, 1.54) is 5.56 Å². The summed E-state index contributed by atoms with van der Waals surface area (Å²) in [6.45, 7) is 7.45. The van der Waals surface area contributed by atoms with E-state index in [1.54, 1.807) is 6.07 Å². The lowest BCUT2D eigenvalue weighted by molar-refractivity contribution is 0.0499. The highest BCUT2D eigenvalue weighted by Crippen LogP contribution is 2.21. The maximum atomic E-state index is 9.67. The van der Waals surface area contributed by atoms with Crippen molar-refractivity contribution in [2.24, 2.45) is 0 Å². The Labute approximate surface area is 161 Å². The molecular weight excluding hydrogens is 340 g/mol. The van der Waals surface area contributed by atoms with Crippen LogP contribution >= 0.6 is 0 Å². The average Bonchev–Trinajstić information content (AvgIpc) is 2.66. The van der Waals surface area contributed by atoms with Gasteiger partial charge in [0.15, 0.2) is 0 Å². The molecule has 1 fully saturated rings. The lowest BCUT2D eigenvalue weighted by Gasteiger charge is -2.41. The van der Waals surface area contributed by atoms with Crippen LogP contribution in [0.2, 0.25) is 0 Å². The lowest BCUT2D eigenvalue weighted by atomic mass is 10.1. The molecule has 1 saturated heterocycles. The van der Waals surface area contributed by atoms with E-state index < -0.39 is 0 Å². The molecule has 5 nitrogen and oxygen atoms in total. The van der Waals surface area contributed by atoms with Crippen molar-refractivity contribution in [3.8, 4) is 11.5 Å². The first-order valence-corrected chi connectivity index (χ1v) is 9.75. The van der Waals surface area contributed by atoms with Crippen LogP contribution in [0.5, 0.6) is 11.5 Å².